The van der Waals surface area contributed by atoms with Gasteiger partial charge in [-0.25, -0.2) is 9.66 Å². The molecule has 1 heterocycles. The van der Waals surface area contributed by atoms with Crippen LogP contribution in [-0.4, -0.2) is 23.3 Å². The summed E-state index contributed by atoms with van der Waals surface area (Å²) in [4.78, 5) is 4.70. The van der Waals surface area contributed by atoms with E-state index in [1.54, 1.807) is 7.11 Å². The van der Waals surface area contributed by atoms with Crippen molar-refractivity contribution in [3.05, 3.63) is 71.0 Å². The van der Waals surface area contributed by atoms with Crippen LogP contribution in [0.5, 0.6) is 5.75 Å². The molecule has 0 fully saturated rings. The third kappa shape index (κ3) is 4.47. The quantitative estimate of drug-likeness (QED) is 0.504. The summed E-state index contributed by atoms with van der Waals surface area (Å²) in [6.07, 6.45) is 4.32. The Morgan fingerprint density at radius 2 is 1.81 bits per heavy atom. The van der Waals surface area contributed by atoms with E-state index in [1.807, 2.05) is 30.5 Å². The van der Waals surface area contributed by atoms with Gasteiger partial charge in [-0.15, -0.1) is 0 Å². The molecule has 136 valence electrons. The number of unbranched alkanes of at least 4 members (excludes halogenated alkanes) is 1. The van der Waals surface area contributed by atoms with Crippen LogP contribution in [0.3, 0.4) is 0 Å². The number of imidazole rings is 1. The molecule has 1 aromatic heterocycles. The SMILES string of the molecule is CCCCN(Cc1ccccc1)n1cc(Br)nc1-c1ccc(OC)cc1. The molecule has 5 heteroatoms. The number of hydrogen-bond donors (Lipinski definition) is 0. The molecule has 0 atom stereocenters. The average Bonchev–Trinajstić information content (AvgIpc) is 3.07. The van der Waals surface area contributed by atoms with Gasteiger partial charge in [-0.2, -0.15) is 0 Å². The summed E-state index contributed by atoms with van der Waals surface area (Å²) in [7, 11) is 1.68. The Morgan fingerprint density at radius 1 is 1.08 bits per heavy atom. The van der Waals surface area contributed by atoms with Crippen LogP contribution in [-0.2, 0) is 6.54 Å². The highest BCUT2D eigenvalue weighted by Gasteiger charge is 2.15. The minimum Gasteiger partial charge on any atom is -0.497 e. The summed E-state index contributed by atoms with van der Waals surface area (Å²) in [5.74, 6) is 1.77. The summed E-state index contributed by atoms with van der Waals surface area (Å²) in [5.41, 5.74) is 2.35. The van der Waals surface area contributed by atoms with Gasteiger partial charge in [-0.3, -0.25) is 0 Å². The summed E-state index contributed by atoms with van der Waals surface area (Å²) in [6, 6.07) is 18.6. The normalized spacial score (nSPS) is 10.7. The van der Waals surface area contributed by atoms with Gasteiger partial charge < -0.3 is 9.75 Å². The Hall–Kier alpha value is -2.27. The van der Waals surface area contributed by atoms with Crippen LogP contribution in [0.2, 0.25) is 0 Å². The van der Waals surface area contributed by atoms with Crippen LogP contribution in [0.4, 0.5) is 0 Å². The van der Waals surface area contributed by atoms with Crippen LogP contribution in [0.1, 0.15) is 25.3 Å². The first-order valence-electron chi connectivity index (χ1n) is 8.89. The zero-order valence-electron chi connectivity index (χ0n) is 15.2. The number of methoxy groups -OCH3 is 1. The Bertz CT molecular complexity index is 815. The monoisotopic (exact) mass is 413 g/mol. The van der Waals surface area contributed by atoms with Gasteiger partial charge in [0.15, 0.2) is 5.82 Å². The van der Waals surface area contributed by atoms with Crippen molar-refractivity contribution < 1.29 is 4.74 Å². The zero-order chi connectivity index (χ0) is 18.4. The highest BCUT2D eigenvalue weighted by Crippen LogP contribution is 2.25. The first kappa shape index (κ1) is 18.5. The maximum atomic E-state index is 5.27. The molecule has 0 amide bonds. The number of nitrogens with zero attached hydrogens (tertiary/aromatic N) is 3. The van der Waals surface area contributed by atoms with Gasteiger partial charge in [-0.05, 0) is 52.2 Å². The van der Waals surface area contributed by atoms with Crippen molar-refractivity contribution in [2.75, 3.05) is 18.7 Å². The van der Waals surface area contributed by atoms with Gasteiger partial charge >= 0.3 is 0 Å². The molecule has 0 spiro atoms. The van der Waals surface area contributed by atoms with E-state index in [1.165, 1.54) is 5.56 Å². The Morgan fingerprint density at radius 3 is 2.46 bits per heavy atom. The Labute approximate surface area is 163 Å². The van der Waals surface area contributed by atoms with E-state index < -0.39 is 0 Å². The predicted octanol–water partition coefficient (Wildman–Crippen LogP) is 5.26. The fraction of sp³-hybridized carbons (Fsp3) is 0.286. The van der Waals surface area contributed by atoms with Crippen molar-refractivity contribution in [1.82, 2.24) is 9.66 Å². The van der Waals surface area contributed by atoms with E-state index in [-0.39, 0.29) is 0 Å². The van der Waals surface area contributed by atoms with E-state index >= 15 is 0 Å². The molecule has 0 bridgehead atoms. The summed E-state index contributed by atoms with van der Waals surface area (Å²) >= 11 is 3.55. The van der Waals surface area contributed by atoms with E-state index in [4.69, 9.17) is 9.72 Å². The molecule has 0 radical (unpaired) electrons. The number of rotatable bonds is 8. The zero-order valence-corrected chi connectivity index (χ0v) is 16.8. The molecule has 4 nitrogen and oxygen atoms in total. The largest absolute Gasteiger partial charge is 0.497 e. The van der Waals surface area contributed by atoms with E-state index in [0.717, 1.165) is 47.7 Å². The minimum absolute atomic E-state index is 0.831. The number of hydrogen-bond acceptors (Lipinski definition) is 3. The van der Waals surface area contributed by atoms with Crippen molar-refractivity contribution in [2.45, 2.75) is 26.3 Å². The number of aromatic nitrogens is 2. The molecule has 0 aliphatic heterocycles. The Balaban J connectivity index is 1.95. The van der Waals surface area contributed by atoms with E-state index in [0.29, 0.717) is 0 Å². The molecule has 0 N–H and O–H groups in total. The second-order valence-electron chi connectivity index (χ2n) is 6.19. The summed E-state index contributed by atoms with van der Waals surface area (Å²) in [5, 5.41) is 2.34. The lowest BCUT2D eigenvalue weighted by molar-refractivity contribution is 0.415. The van der Waals surface area contributed by atoms with Crippen molar-refractivity contribution in [3.8, 4) is 17.1 Å². The predicted molar refractivity (Wildman–Crippen MR) is 110 cm³/mol. The van der Waals surface area contributed by atoms with E-state index in [9.17, 15) is 0 Å². The minimum atomic E-state index is 0.831. The fourth-order valence-electron chi connectivity index (χ4n) is 2.89. The molecular formula is C21H24BrN3O. The highest BCUT2D eigenvalue weighted by molar-refractivity contribution is 9.10. The first-order chi connectivity index (χ1) is 12.7. The van der Waals surface area contributed by atoms with Gasteiger partial charge in [0.05, 0.1) is 19.9 Å². The molecule has 26 heavy (non-hydrogen) atoms. The lowest BCUT2D eigenvalue weighted by Crippen LogP contribution is -2.35. The molecule has 0 aliphatic rings. The molecule has 0 saturated heterocycles. The highest BCUT2D eigenvalue weighted by atomic mass is 79.9. The van der Waals surface area contributed by atoms with Crippen molar-refractivity contribution in [1.29, 1.82) is 0 Å². The standard InChI is InChI=1S/C21H24BrN3O/c1-3-4-14-24(15-17-8-6-5-7-9-17)25-16-20(22)23-21(25)18-10-12-19(26-2)13-11-18/h5-13,16H,3-4,14-15H2,1-2H3. The van der Waals surface area contributed by atoms with Crippen LogP contribution < -0.4 is 9.75 Å². The van der Waals surface area contributed by atoms with Crippen molar-refractivity contribution in [2.24, 2.45) is 0 Å². The maximum Gasteiger partial charge on any atom is 0.159 e. The van der Waals surface area contributed by atoms with Gasteiger partial charge in [0.25, 0.3) is 0 Å². The molecule has 0 unspecified atom stereocenters. The van der Waals surface area contributed by atoms with Gasteiger partial charge in [-0.1, -0.05) is 43.7 Å². The second kappa shape index (κ2) is 8.90. The number of benzene rings is 2. The first-order valence-corrected chi connectivity index (χ1v) is 9.69. The molecular weight excluding hydrogens is 390 g/mol. The molecule has 3 aromatic rings. The third-order valence-corrected chi connectivity index (χ3v) is 4.67. The number of halogens is 1. The van der Waals surface area contributed by atoms with Gasteiger partial charge in [0.2, 0.25) is 0 Å². The smallest absolute Gasteiger partial charge is 0.159 e. The second-order valence-corrected chi connectivity index (χ2v) is 7.00. The van der Waals surface area contributed by atoms with E-state index in [2.05, 4.69) is 62.9 Å². The topological polar surface area (TPSA) is 30.3 Å². The maximum absolute atomic E-state index is 5.27. The molecule has 2 aromatic carbocycles. The molecule has 0 saturated carbocycles. The fourth-order valence-corrected chi connectivity index (χ4v) is 3.26. The van der Waals surface area contributed by atoms with Crippen LogP contribution >= 0.6 is 15.9 Å². The lowest BCUT2D eigenvalue weighted by Gasteiger charge is -2.27. The van der Waals surface area contributed by atoms with Crippen molar-refractivity contribution in [3.63, 3.8) is 0 Å². The van der Waals surface area contributed by atoms with Crippen molar-refractivity contribution >= 4 is 15.9 Å². The third-order valence-electron chi connectivity index (χ3n) is 4.29. The molecule has 0 aliphatic carbocycles. The van der Waals surface area contributed by atoms with Crippen LogP contribution in [0.25, 0.3) is 11.4 Å². The van der Waals surface area contributed by atoms with Gasteiger partial charge in [0.1, 0.15) is 10.4 Å². The summed E-state index contributed by atoms with van der Waals surface area (Å²) < 4.78 is 8.27. The lowest BCUT2D eigenvalue weighted by atomic mass is 10.2. The van der Waals surface area contributed by atoms with Crippen LogP contribution in [0, 0.1) is 0 Å². The van der Waals surface area contributed by atoms with Crippen LogP contribution in [0.15, 0.2) is 65.4 Å². The summed E-state index contributed by atoms with van der Waals surface area (Å²) in [6.45, 7) is 4.03. The Kier molecular flexibility index (Phi) is 6.34. The average molecular weight is 414 g/mol. The molecule has 3 rings (SSSR count). The number of ether oxygens (including phenoxy) is 1. The van der Waals surface area contributed by atoms with Gasteiger partial charge in [0, 0.05) is 12.1 Å².